The molecule has 2 N–H and O–H groups in total. The molecule has 4 nitrogen and oxygen atoms in total. The largest absolute Gasteiger partial charge is 0.480 e. The summed E-state index contributed by atoms with van der Waals surface area (Å²) in [5.74, 6) is -3.93. The summed E-state index contributed by atoms with van der Waals surface area (Å²) in [7, 11) is 0. The molecule has 0 heterocycles. The Bertz CT molecular complexity index is 534. The number of benzene rings is 1. The molecule has 20 heavy (non-hydrogen) atoms. The molecule has 0 radical (unpaired) electrons. The molecule has 1 aromatic rings. The number of amides is 1. The molecule has 1 rings (SSSR count). The summed E-state index contributed by atoms with van der Waals surface area (Å²) in [5.41, 5.74) is 0.256. The van der Waals surface area contributed by atoms with E-state index < -0.39 is 30.5 Å². The van der Waals surface area contributed by atoms with Gasteiger partial charge >= 0.3 is 18.1 Å². The van der Waals surface area contributed by atoms with E-state index >= 15 is 0 Å². The highest BCUT2D eigenvalue weighted by atomic mass is 35.5. The Kier molecular flexibility index (Phi) is 5.24. The van der Waals surface area contributed by atoms with Gasteiger partial charge in [-0.1, -0.05) is 29.3 Å². The average molecular weight is 330 g/mol. The molecular formula is C11H8Cl2F3NO3. The van der Waals surface area contributed by atoms with Gasteiger partial charge in [-0.05, 0) is 17.7 Å². The van der Waals surface area contributed by atoms with Gasteiger partial charge in [0.1, 0.15) is 6.04 Å². The molecule has 1 atom stereocenters. The fourth-order valence-corrected chi connectivity index (χ4v) is 1.83. The van der Waals surface area contributed by atoms with Gasteiger partial charge in [0, 0.05) is 16.5 Å². The predicted molar refractivity (Wildman–Crippen MR) is 65.8 cm³/mol. The molecule has 0 saturated carbocycles. The lowest BCUT2D eigenvalue weighted by Gasteiger charge is -2.16. The second kappa shape index (κ2) is 6.32. The first-order chi connectivity index (χ1) is 9.11. The summed E-state index contributed by atoms with van der Waals surface area (Å²) in [6.45, 7) is 0. The van der Waals surface area contributed by atoms with Crippen LogP contribution in [0.4, 0.5) is 13.2 Å². The van der Waals surface area contributed by atoms with Gasteiger partial charge in [0.25, 0.3) is 0 Å². The van der Waals surface area contributed by atoms with Crippen LogP contribution in [0.25, 0.3) is 0 Å². The lowest BCUT2D eigenvalue weighted by Crippen LogP contribution is -2.47. The first kappa shape index (κ1) is 16.6. The number of rotatable bonds is 4. The van der Waals surface area contributed by atoms with Crippen LogP contribution >= 0.6 is 23.2 Å². The Morgan fingerprint density at radius 2 is 1.90 bits per heavy atom. The highest BCUT2D eigenvalue weighted by molar-refractivity contribution is 6.35. The highest BCUT2D eigenvalue weighted by Gasteiger charge is 2.40. The van der Waals surface area contributed by atoms with Crippen LogP contribution in [-0.4, -0.2) is 29.2 Å². The van der Waals surface area contributed by atoms with Gasteiger partial charge in [0.15, 0.2) is 0 Å². The van der Waals surface area contributed by atoms with Crippen molar-refractivity contribution < 1.29 is 27.9 Å². The van der Waals surface area contributed by atoms with Crippen LogP contribution in [0.5, 0.6) is 0 Å². The van der Waals surface area contributed by atoms with E-state index in [0.29, 0.717) is 5.02 Å². The minimum Gasteiger partial charge on any atom is -0.480 e. The van der Waals surface area contributed by atoms with Crippen LogP contribution < -0.4 is 5.32 Å². The van der Waals surface area contributed by atoms with Crippen molar-refractivity contribution in [3.05, 3.63) is 33.8 Å². The fraction of sp³-hybridized carbons (Fsp3) is 0.273. The normalized spacial score (nSPS) is 12.8. The summed E-state index contributed by atoms with van der Waals surface area (Å²) >= 11 is 11.4. The number of hydrogen-bond donors (Lipinski definition) is 2. The summed E-state index contributed by atoms with van der Waals surface area (Å²) < 4.78 is 36.3. The smallest absolute Gasteiger partial charge is 0.471 e. The fourth-order valence-electron chi connectivity index (χ4n) is 1.35. The molecular weight excluding hydrogens is 322 g/mol. The summed E-state index contributed by atoms with van der Waals surface area (Å²) in [6.07, 6.45) is -5.55. The van der Waals surface area contributed by atoms with Crippen molar-refractivity contribution in [1.29, 1.82) is 0 Å². The molecule has 0 saturated heterocycles. The maximum atomic E-state index is 12.1. The van der Waals surface area contributed by atoms with Gasteiger partial charge in [-0.25, -0.2) is 4.79 Å². The van der Waals surface area contributed by atoms with Crippen LogP contribution in [0.1, 0.15) is 5.56 Å². The number of alkyl halides is 3. The molecule has 0 spiro atoms. The first-order valence-corrected chi connectivity index (χ1v) is 5.91. The number of nitrogens with one attached hydrogen (secondary N) is 1. The monoisotopic (exact) mass is 329 g/mol. The zero-order valence-corrected chi connectivity index (χ0v) is 11.2. The van der Waals surface area contributed by atoms with E-state index in [1.165, 1.54) is 23.5 Å². The Labute approximate surface area is 121 Å². The van der Waals surface area contributed by atoms with Gasteiger partial charge in [-0.2, -0.15) is 13.2 Å². The van der Waals surface area contributed by atoms with Gasteiger partial charge in [-0.15, -0.1) is 0 Å². The van der Waals surface area contributed by atoms with E-state index in [-0.39, 0.29) is 10.6 Å². The average Bonchev–Trinajstić information content (AvgIpc) is 2.29. The quantitative estimate of drug-likeness (QED) is 0.892. The molecule has 1 amide bonds. The molecule has 1 aromatic carbocycles. The van der Waals surface area contributed by atoms with Crippen LogP contribution in [0.2, 0.25) is 10.0 Å². The van der Waals surface area contributed by atoms with Crippen molar-refractivity contribution in [3.63, 3.8) is 0 Å². The standard InChI is InChI=1S/C11H8Cl2F3NO3/c12-6-2-1-5(7(13)4-6)3-8(9(18)19)17-10(20)11(14,15)16/h1-2,4,8H,3H2,(H,17,20)(H,18,19)/t8-/m0/s1. The van der Waals surface area contributed by atoms with E-state index in [1.54, 1.807) is 0 Å². The first-order valence-electron chi connectivity index (χ1n) is 5.15. The summed E-state index contributed by atoms with van der Waals surface area (Å²) in [6, 6.07) is 2.36. The van der Waals surface area contributed by atoms with Gasteiger partial charge in [0.05, 0.1) is 0 Å². The molecule has 110 valence electrons. The number of hydrogen-bond acceptors (Lipinski definition) is 2. The van der Waals surface area contributed by atoms with E-state index in [9.17, 15) is 22.8 Å². The molecule has 0 aliphatic heterocycles. The van der Waals surface area contributed by atoms with E-state index in [0.717, 1.165) is 0 Å². The molecule has 0 unspecified atom stereocenters. The van der Waals surface area contributed by atoms with Crippen molar-refractivity contribution in [3.8, 4) is 0 Å². The number of carboxylic acid groups (broad SMARTS) is 1. The topological polar surface area (TPSA) is 66.4 Å². The Morgan fingerprint density at radius 1 is 1.30 bits per heavy atom. The lowest BCUT2D eigenvalue weighted by atomic mass is 10.1. The number of carbonyl (C=O) groups is 2. The van der Waals surface area contributed by atoms with Crippen molar-refractivity contribution in [2.75, 3.05) is 0 Å². The van der Waals surface area contributed by atoms with E-state index in [1.807, 2.05) is 0 Å². The Balaban J connectivity index is 2.88. The minimum absolute atomic E-state index is 0.102. The number of carbonyl (C=O) groups excluding carboxylic acids is 1. The van der Waals surface area contributed by atoms with Crippen LogP contribution in [0.15, 0.2) is 18.2 Å². The maximum absolute atomic E-state index is 12.1. The van der Waals surface area contributed by atoms with E-state index in [4.69, 9.17) is 28.3 Å². The summed E-state index contributed by atoms with van der Waals surface area (Å²) in [4.78, 5) is 21.6. The van der Waals surface area contributed by atoms with Crippen LogP contribution in [0.3, 0.4) is 0 Å². The maximum Gasteiger partial charge on any atom is 0.471 e. The van der Waals surface area contributed by atoms with Crippen LogP contribution in [0, 0.1) is 0 Å². The van der Waals surface area contributed by atoms with Crippen molar-refractivity contribution in [2.45, 2.75) is 18.6 Å². The zero-order valence-electron chi connectivity index (χ0n) is 9.67. The molecule has 0 fully saturated rings. The molecule has 0 aromatic heterocycles. The van der Waals surface area contributed by atoms with Crippen molar-refractivity contribution in [1.82, 2.24) is 5.32 Å². The summed E-state index contributed by atoms with van der Waals surface area (Å²) in [5, 5.41) is 10.6. The highest BCUT2D eigenvalue weighted by Crippen LogP contribution is 2.22. The van der Waals surface area contributed by atoms with Gasteiger partial charge in [0.2, 0.25) is 0 Å². The third-order valence-corrected chi connectivity index (χ3v) is 2.89. The van der Waals surface area contributed by atoms with Crippen LogP contribution in [-0.2, 0) is 16.0 Å². The van der Waals surface area contributed by atoms with E-state index in [2.05, 4.69) is 0 Å². The van der Waals surface area contributed by atoms with Crippen molar-refractivity contribution >= 4 is 35.1 Å². The number of aliphatic carboxylic acids is 1. The van der Waals surface area contributed by atoms with Gasteiger partial charge < -0.3 is 10.4 Å². The lowest BCUT2D eigenvalue weighted by molar-refractivity contribution is -0.175. The van der Waals surface area contributed by atoms with Crippen molar-refractivity contribution in [2.24, 2.45) is 0 Å². The second-order valence-corrected chi connectivity index (χ2v) is 4.65. The molecule has 0 aliphatic rings. The Morgan fingerprint density at radius 3 is 2.35 bits per heavy atom. The molecule has 0 aliphatic carbocycles. The number of carboxylic acids is 1. The molecule has 9 heteroatoms. The number of halogens is 5. The second-order valence-electron chi connectivity index (χ2n) is 3.80. The Hall–Kier alpha value is -1.47. The predicted octanol–water partition coefficient (Wildman–Crippen LogP) is 2.67. The SMILES string of the molecule is O=C(O)[C@H](Cc1ccc(Cl)cc1Cl)NC(=O)C(F)(F)F. The third-order valence-electron chi connectivity index (χ3n) is 2.30. The molecule has 0 bridgehead atoms. The minimum atomic E-state index is -5.16. The third kappa shape index (κ3) is 4.57. The zero-order chi connectivity index (χ0) is 15.5. The van der Waals surface area contributed by atoms with Gasteiger partial charge in [-0.3, -0.25) is 4.79 Å².